The zero-order valence-electron chi connectivity index (χ0n) is 21.8. The van der Waals surface area contributed by atoms with Gasteiger partial charge in [0.25, 0.3) is 0 Å². The standard InChI is InChI=1S/C29H51NO3S/c1-2-3-4-5-6-7-8-9-10-11-12-13-14-15-16-17-24-34-25-18-19-29(31)30-28-22-20-27(21-23-28)26-33-32/h20-23,32H,2-19,24-26H2,1H3,(H,30,31). The van der Waals surface area contributed by atoms with Gasteiger partial charge in [0, 0.05) is 12.1 Å². The van der Waals surface area contributed by atoms with Crippen LogP contribution in [0.15, 0.2) is 24.3 Å². The molecule has 0 aliphatic heterocycles. The van der Waals surface area contributed by atoms with E-state index in [0.29, 0.717) is 6.42 Å². The topological polar surface area (TPSA) is 58.6 Å². The monoisotopic (exact) mass is 493 g/mol. The molecule has 196 valence electrons. The van der Waals surface area contributed by atoms with E-state index in [9.17, 15) is 4.79 Å². The maximum Gasteiger partial charge on any atom is 0.224 e. The van der Waals surface area contributed by atoms with Crippen LogP contribution < -0.4 is 5.32 Å². The van der Waals surface area contributed by atoms with Crippen LogP contribution in [-0.2, 0) is 16.3 Å². The molecule has 1 rings (SSSR count). The lowest BCUT2D eigenvalue weighted by Gasteiger charge is -2.06. The van der Waals surface area contributed by atoms with Gasteiger partial charge in [-0.1, -0.05) is 115 Å². The molecule has 0 saturated carbocycles. The SMILES string of the molecule is CCCCCCCCCCCCCCCCCCSCCCC(=O)Nc1ccc(COO)cc1. The third kappa shape index (κ3) is 19.3. The highest BCUT2D eigenvalue weighted by atomic mass is 32.2. The first-order valence-corrected chi connectivity index (χ1v) is 15.1. The highest BCUT2D eigenvalue weighted by Crippen LogP contribution is 2.15. The lowest BCUT2D eigenvalue weighted by Crippen LogP contribution is -2.11. The zero-order valence-corrected chi connectivity index (χ0v) is 22.6. The molecule has 0 fully saturated rings. The van der Waals surface area contributed by atoms with Crippen molar-refractivity contribution in [3.05, 3.63) is 29.8 Å². The van der Waals surface area contributed by atoms with Crippen LogP contribution in [0.3, 0.4) is 0 Å². The predicted octanol–water partition coefficient (Wildman–Crippen LogP) is 9.39. The van der Waals surface area contributed by atoms with Crippen LogP contribution >= 0.6 is 11.8 Å². The smallest absolute Gasteiger partial charge is 0.224 e. The van der Waals surface area contributed by atoms with Crippen LogP contribution in [0.25, 0.3) is 0 Å². The molecule has 34 heavy (non-hydrogen) atoms. The van der Waals surface area contributed by atoms with Crippen molar-refractivity contribution in [2.75, 3.05) is 16.8 Å². The summed E-state index contributed by atoms with van der Waals surface area (Å²) < 4.78 is 0. The average molecular weight is 494 g/mol. The second-order valence-corrected chi connectivity index (χ2v) is 10.8. The molecule has 0 spiro atoms. The van der Waals surface area contributed by atoms with E-state index in [1.54, 1.807) is 0 Å². The van der Waals surface area contributed by atoms with Crippen molar-refractivity contribution in [3.8, 4) is 0 Å². The molecule has 0 aliphatic rings. The van der Waals surface area contributed by atoms with Gasteiger partial charge in [-0.05, 0) is 42.0 Å². The van der Waals surface area contributed by atoms with E-state index < -0.39 is 0 Å². The second-order valence-electron chi connectivity index (χ2n) is 9.54. The summed E-state index contributed by atoms with van der Waals surface area (Å²) >= 11 is 1.98. The Bertz CT molecular complexity index is 579. The van der Waals surface area contributed by atoms with Crippen LogP contribution in [0.5, 0.6) is 0 Å². The van der Waals surface area contributed by atoms with Gasteiger partial charge in [-0.15, -0.1) is 0 Å². The van der Waals surface area contributed by atoms with E-state index >= 15 is 0 Å². The van der Waals surface area contributed by atoms with Crippen molar-refractivity contribution in [3.63, 3.8) is 0 Å². The van der Waals surface area contributed by atoms with Gasteiger partial charge >= 0.3 is 0 Å². The van der Waals surface area contributed by atoms with Gasteiger partial charge in [0.05, 0.1) is 0 Å². The molecule has 1 amide bonds. The van der Waals surface area contributed by atoms with Crippen LogP contribution in [0.4, 0.5) is 5.69 Å². The van der Waals surface area contributed by atoms with Crippen LogP contribution in [-0.4, -0.2) is 22.7 Å². The maximum absolute atomic E-state index is 12.0. The van der Waals surface area contributed by atoms with E-state index in [1.807, 2.05) is 36.0 Å². The summed E-state index contributed by atoms with van der Waals surface area (Å²) in [5.41, 5.74) is 1.65. The quantitative estimate of drug-likeness (QED) is 0.0855. The molecule has 0 aliphatic carbocycles. The van der Waals surface area contributed by atoms with Gasteiger partial charge in [-0.3, -0.25) is 10.1 Å². The van der Waals surface area contributed by atoms with Crippen molar-refractivity contribution in [1.82, 2.24) is 0 Å². The van der Waals surface area contributed by atoms with Crippen LogP contribution in [0, 0.1) is 0 Å². The molecule has 1 aromatic rings. The Morgan fingerprint density at radius 1 is 0.735 bits per heavy atom. The van der Waals surface area contributed by atoms with Crippen LogP contribution in [0.1, 0.15) is 128 Å². The summed E-state index contributed by atoms with van der Waals surface area (Å²) in [6.45, 7) is 2.44. The Hall–Kier alpha value is -1.04. The lowest BCUT2D eigenvalue weighted by atomic mass is 10.0. The maximum atomic E-state index is 12.0. The minimum Gasteiger partial charge on any atom is -0.326 e. The number of unbranched alkanes of at least 4 members (excludes halogenated alkanes) is 15. The van der Waals surface area contributed by atoms with Gasteiger partial charge in [0.1, 0.15) is 6.61 Å². The molecule has 0 bridgehead atoms. The third-order valence-corrected chi connectivity index (χ3v) is 7.46. The van der Waals surface area contributed by atoms with E-state index in [-0.39, 0.29) is 12.5 Å². The molecule has 5 heteroatoms. The number of nitrogens with one attached hydrogen (secondary N) is 1. The Labute approximate surface area is 213 Å². The summed E-state index contributed by atoms with van der Waals surface area (Å²) in [6, 6.07) is 7.33. The number of thioether (sulfide) groups is 1. The number of rotatable bonds is 24. The molecule has 0 unspecified atom stereocenters. The molecule has 0 heterocycles. The Kier molecular flexibility index (Phi) is 21.6. The summed E-state index contributed by atoms with van der Waals surface area (Å²) in [5.74, 6) is 2.34. The predicted molar refractivity (Wildman–Crippen MR) is 149 cm³/mol. The van der Waals surface area contributed by atoms with Crippen molar-refractivity contribution in [1.29, 1.82) is 0 Å². The van der Waals surface area contributed by atoms with Crippen molar-refractivity contribution >= 4 is 23.4 Å². The minimum atomic E-state index is 0.0640. The van der Waals surface area contributed by atoms with Gasteiger partial charge < -0.3 is 5.32 Å². The van der Waals surface area contributed by atoms with Gasteiger partial charge in [0.2, 0.25) is 5.91 Å². The van der Waals surface area contributed by atoms with E-state index in [0.717, 1.165) is 23.4 Å². The van der Waals surface area contributed by atoms with E-state index in [4.69, 9.17) is 5.26 Å². The Morgan fingerprint density at radius 3 is 1.71 bits per heavy atom. The van der Waals surface area contributed by atoms with E-state index in [1.165, 1.54) is 108 Å². The number of amides is 1. The molecule has 0 radical (unpaired) electrons. The highest BCUT2D eigenvalue weighted by Gasteiger charge is 2.03. The minimum absolute atomic E-state index is 0.0640. The third-order valence-electron chi connectivity index (χ3n) is 6.30. The largest absolute Gasteiger partial charge is 0.326 e. The molecule has 1 aromatic carbocycles. The number of anilines is 1. The average Bonchev–Trinajstić information content (AvgIpc) is 2.84. The number of benzene rings is 1. The fraction of sp³-hybridized carbons (Fsp3) is 0.759. The summed E-state index contributed by atoms with van der Waals surface area (Å²) in [6.07, 6.45) is 24.1. The molecule has 0 atom stereocenters. The second kappa shape index (κ2) is 23.7. The van der Waals surface area contributed by atoms with Gasteiger partial charge in [0.15, 0.2) is 0 Å². The number of carbonyl (C=O) groups is 1. The molecule has 2 N–H and O–H groups in total. The van der Waals surface area contributed by atoms with Crippen molar-refractivity contribution in [2.45, 2.75) is 129 Å². The number of carbonyl (C=O) groups excluding carboxylic acids is 1. The number of hydrogen-bond donors (Lipinski definition) is 2. The normalized spacial score (nSPS) is 11.1. The van der Waals surface area contributed by atoms with E-state index in [2.05, 4.69) is 17.1 Å². The lowest BCUT2D eigenvalue weighted by molar-refractivity contribution is -0.253. The summed E-state index contributed by atoms with van der Waals surface area (Å²) in [7, 11) is 0. The first-order valence-electron chi connectivity index (χ1n) is 14.0. The summed E-state index contributed by atoms with van der Waals surface area (Å²) in [4.78, 5) is 16.1. The summed E-state index contributed by atoms with van der Waals surface area (Å²) in [5, 5.41) is 11.4. The Balaban J connectivity index is 1.78. The van der Waals surface area contributed by atoms with Gasteiger partial charge in [-0.25, -0.2) is 4.89 Å². The first kappa shape index (κ1) is 31.0. The molecular formula is C29H51NO3S. The van der Waals surface area contributed by atoms with Gasteiger partial charge in [-0.2, -0.15) is 11.8 Å². The molecular weight excluding hydrogens is 442 g/mol. The number of hydrogen-bond acceptors (Lipinski definition) is 4. The zero-order chi connectivity index (χ0) is 24.5. The molecule has 0 saturated heterocycles. The highest BCUT2D eigenvalue weighted by molar-refractivity contribution is 7.99. The fourth-order valence-corrected chi connectivity index (χ4v) is 5.13. The van der Waals surface area contributed by atoms with Crippen molar-refractivity contribution in [2.24, 2.45) is 0 Å². The van der Waals surface area contributed by atoms with Crippen LogP contribution in [0.2, 0.25) is 0 Å². The van der Waals surface area contributed by atoms with Crippen molar-refractivity contribution < 1.29 is 14.9 Å². The molecule has 0 aromatic heterocycles. The molecule has 4 nitrogen and oxygen atoms in total. The first-order chi connectivity index (χ1) is 16.8. The fourth-order valence-electron chi connectivity index (χ4n) is 4.17. The Morgan fingerprint density at radius 2 is 1.21 bits per heavy atom.